The summed E-state index contributed by atoms with van der Waals surface area (Å²) in [5.41, 5.74) is 3.61. The van der Waals surface area contributed by atoms with Crippen LogP contribution in [-0.2, 0) is 0 Å². The molecular weight excluding hydrogens is 306 g/mol. The van der Waals surface area contributed by atoms with E-state index in [1.165, 1.54) is 25.2 Å². The van der Waals surface area contributed by atoms with Gasteiger partial charge in [0.05, 0.1) is 16.7 Å². The lowest BCUT2D eigenvalue weighted by molar-refractivity contribution is 0.0691. The van der Waals surface area contributed by atoms with Crippen LogP contribution in [0, 0.1) is 20.8 Å². The minimum atomic E-state index is -0.553. The second-order valence-corrected chi connectivity index (χ2v) is 6.05. The molecule has 0 aromatic heterocycles. The molecule has 3 rings (SSSR count). The Labute approximate surface area is 139 Å². The van der Waals surface area contributed by atoms with Crippen molar-refractivity contribution in [1.82, 2.24) is 4.90 Å². The second kappa shape index (κ2) is 5.60. The van der Waals surface area contributed by atoms with Crippen LogP contribution >= 0.6 is 0 Å². The van der Waals surface area contributed by atoms with Gasteiger partial charge in [-0.25, -0.2) is 4.79 Å². The fourth-order valence-corrected chi connectivity index (χ4v) is 2.97. The van der Waals surface area contributed by atoms with E-state index in [2.05, 4.69) is 0 Å². The molecule has 0 fully saturated rings. The van der Waals surface area contributed by atoms with E-state index in [9.17, 15) is 14.4 Å². The third-order valence-electron chi connectivity index (χ3n) is 4.12. The maximum Gasteiger partial charge on any atom is 0.343 e. The quantitative estimate of drug-likeness (QED) is 0.484. The van der Waals surface area contributed by atoms with Crippen molar-refractivity contribution in [3.05, 3.63) is 63.7 Å². The number of hydrogen-bond acceptors (Lipinski definition) is 4. The number of imide groups is 1. The zero-order valence-electron chi connectivity index (χ0n) is 14.0. The molecular formula is C19H17NO4. The molecule has 0 unspecified atom stereocenters. The molecule has 0 bridgehead atoms. The Bertz CT molecular complexity index is 875. The number of amides is 2. The van der Waals surface area contributed by atoms with Crippen molar-refractivity contribution in [2.24, 2.45) is 0 Å². The van der Waals surface area contributed by atoms with Crippen LogP contribution in [0.25, 0.3) is 0 Å². The van der Waals surface area contributed by atoms with Gasteiger partial charge in [0.25, 0.3) is 11.8 Å². The van der Waals surface area contributed by atoms with Crippen molar-refractivity contribution >= 4 is 17.8 Å². The summed E-state index contributed by atoms with van der Waals surface area (Å²) in [6.45, 7) is 5.73. The summed E-state index contributed by atoms with van der Waals surface area (Å²) >= 11 is 0. The molecule has 2 amide bonds. The molecule has 1 aliphatic rings. The van der Waals surface area contributed by atoms with Gasteiger partial charge in [-0.1, -0.05) is 17.7 Å². The minimum absolute atomic E-state index is 0.231. The van der Waals surface area contributed by atoms with E-state index in [1.807, 2.05) is 32.9 Å². The summed E-state index contributed by atoms with van der Waals surface area (Å²) in [5.74, 6) is -0.805. The maximum absolute atomic E-state index is 12.4. The normalized spacial score (nSPS) is 13.2. The summed E-state index contributed by atoms with van der Waals surface area (Å²) in [4.78, 5) is 37.4. The third kappa shape index (κ3) is 2.48. The maximum atomic E-state index is 12.4. The van der Waals surface area contributed by atoms with Gasteiger partial charge < -0.3 is 4.74 Å². The number of rotatable bonds is 2. The van der Waals surface area contributed by atoms with Gasteiger partial charge in [-0.05, 0) is 50.1 Å². The van der Waals surface area contributed by atoms with Crippen LogP contribution in [0.1, 0.15) is 47.8 Å². The van der Waals surface area contributed by atoms with Crippen molar-refractivity contribution < 1.29 is 19.1 Å². The number of benzene rings is 2. The van der Waals surface area contributed by atoms with Gasteiger partial charge in [-0.15, -0.1) is 0 Å². The summed E-state index contributed by atoms with van der Waals surface area (Å²) < 4.78 is 5.52. The lowest BCUT2D eigenvalue weighted by Crippen LogP contribution is -2.24. The van der Waals surface area contributed by atoms with E-state index >= 15 is 0 Å². The first kappa shape index (κ1) is 15.9. The molecule has 1 heterocycles. The first-order valence-corrected chi connectivity index (χ1v) is 7.56. The van der Waals surface area contributed by atoms with Gasteiger partial charge in [0.1, 0.15) is 5.75 Å². The molecule has 2 aromatic carbocycles. The van der Waals surface area contributed by atoms with Gasteiger partial charge in [0.2, 0.25) is 0 Å². The second-order valence-electron chi connectivity index (χ2n) is 6.05. The van der Waals surface area contributed by atoms with Crippen LogP contribution in [-0.4, -0.2) is 29.7 Å². The number of nitrogens with zero attached hydrogens (tertiary/aromatic N) is 1. The number of aryl methyl sites for hydroxylation is 3. The Kier molecular flexibility index (Phi) is 3.72. The molecule has 1 aliphatic heterocycles. The molecule has 0 atom stereocenters. The predicted octanol–water partition coefficient (Wildman–Crippen LogP) is 3.06. The molecule has 122 valence electrons. The molecule has 0 saturated carbocycles. The lowest BCUT2D eigenvalue weighted by Gasteiger charge is -2.12. The number of carbonyl (C=O) groups is 3. The van der Waals surface area contributed by atoms with Gasteiger partial charge in [0, 0.05) is 7.05 Å². The Morgan fingerprint density at radius 1 is 0.917 bits per heavy atom. The van der Waals surface area contributed by atoms with Crippen molar-refractivity contribution in [1.29, 1.82) is 0 Å². The summed E-state index contributed by atoms with van der Waals surface area (Å²) in [6, 6.07) is 8.29. The van der Waals surface area contributed by atoms with Gasteiger partial charge >= 0.3 is 5.97 Å². The molecule has 0 spiro atoms. The fraction of sp³-hybridized carbons (Fsp3) is 0.211. The smallest absolute Gasteiger partial charge is 0.343 e. The molecule has 5 heteroatoms. The number of esters is 1. The monoisotopic (exact) mass is 323 g/mol. The Morgan fingerprint density at radius 2 is 1.50 bits per heavy atom. The van der Waals surface area contributed by atoms with E-state index in [0.29, 0.717) is 11.3 Å². The van der Waals surface area contributed by atoms with Crippen LogP contribution in [0.4, 0.5) is 0 Å². The zero-order chi connectivity index (χ0) is 17.6. The highest BCUT2D eigenvalue weighted by molar-refractivity contribution is 6.21. The van der Waals surface area contributed by atoms with E-state index in [0.717, 1.165) is 21.6 Å². The fourth-order valence-electron chi connectivity index (χ4n) is 2.97. The highest BCUT2D eigenvalue weighted by Crippen LogP contribution is 2.27. The summed E-state index contributed by atoms with van der Waals surface area (Å²) in [6.07, 6.45) is 0. The van der Waals surface area contributed by atoms with Crippen LogP contribution in [0.15, 0.2) is 30.3 Å². The van der Waals surface area contributed by atoms with Gasteiger partial charge in [0.15, 0.2) is 0 Å². The largest absolute Gasteiger partial charge is 0.422 e. The third-order valence-corrected chi connectivity index (χ3v) is 4.12. The highest BCUT2D eigenvalue weighted by atomic mass is 16.5. The Balaban J connectivity index is 1.93. The molecule has 2 aromatic rings. The molecule has 24 heavy (non-hydrogen) atoms. The van der Waals surface area contributed by atoms with Crippen LogP contribution < -0.4 is 4.74 Å². The van der Waals surface area contributed by atoms with Crippen molar-refractivity contribution in [2.45, 2.75) is 20.8 Å². The Morgan fingerprint density at radius 3 is 2.12 bits per heavy atom. The molecule has 0 N–H and O–H groups in total. The summed E-state index contributed by atoms with van der Waals surface area (Å²) in [7, 11) is 1.42. The molecule has 0 radical (unpaired) electrons. The highest BCUT2D eigenvalue weighted by Gasteiger charge is 2.33. The van der Waals surface area contributed by atoms with Crippen molar-refractivity contribution in [3.8, 4) is 5.75 Å². The van der Waals surface area contributed by atoms with E-state index in [4.69, 9.17) is 4.74 Å². The molecule has 0 aliphatic carbocycles. The van der Waals surface area contributed by atoms with E-state index < -0.39 is 11.9 Å². The number of ether oxygens (including phenoxy) is 1. The first-order chi connectivity index (χ1) is 11.3. The molecule has 0 saturated heterocycles. The topological polar surface area (TPSA) is 63.7 Å². The Hall–Kier alpha value is -2.95. The van der Waals surface area contributed by atoms with Crippen LogP contribution in [0.2, 0.25) is 0 Å². The van der Waals surface area contributed by atoms with Crippen molar-refractivity contribution in [3.63, 3.8) is 0 Å². The van der Waals surface area contributed by atoms with Crippen LogP contribution in [0.3, 0.4) is 0 Å². The van der Waals surface area contributed by atoms with Gasteiger partial charge in [-0.2, -0.15) is 0 Å². The average Bonchev–Trinajstić information content (AvgIpc) is 2.75. The molecule has 5 nitrogen and oxygen atoms in total. The predicted molar refractivity (Wildman–Crippen MR) is 88.5 cm³/mol. The van der Waals surface area contributed by atoms with E-state index in [-0.39, 0.29) is 17.0 Å². The van der Waals surface area contributed by atoms with Crippen LogP contribution in [0.5, 0.6) is 5.75 Å². The standard InChI is InChI=1S/C19H17NO4/c1-10-7-11(2)16(12(3)8-10)24-19(23)13-5-6-14-15(9-13)18(22)20(4)17(14)21/h5-9H,1-4H3. The van der Waals surface area contributed by atoms with Gasteiger partial charge in [-0.3, -0.25) is 14.5 Å². The number of carbonyl (C=O) groups excluding carboxylic acids is 3. The SMILES string of the molecule is Cc1cc(C)c(OC(=O)c2ccc3c(c2)C(=O)N(C)C3=O)c(C)c1. The minimum Gasteiger partial charge on any atom is -0.422 e. The average molecular weight is 323 g/mol. The van der Waals surface area contributed by atoms with Crippen molar-refractivity contribution in [2.75, 3.05) is 7.05 Å². The number of fused-ring (bicyclic) bond motifs is 1. The first-order valence-electron chi connectivity index (χ1n) is 7.56. The number of hydrogen-bond donors (Lipinski definition) is 0. The zero-order valence-corrected chi connectivity index (χ0v) is 14.0. The summed E-state index contributed by atoms with van der Waals surface area (Å²) in [5, 5.41) is 0. The van der Waals surface area contributed by atoms with E-state index in [1.54, 1.807) is 0 Å². The lowest BCUT2D eigenvalue weighted by atomic mass is 10.1.